The lowest BCUT2D eigenvalue weighted by atomic mass is 9.88. The molecule has 0 saturated carbocycles. The number of fused-ring (bicyclic) bond motifs is 1. The normalized spacial score (nSPS) is 18.3. The number of carbonyl (C=O) groups is 1. The van der Waals surface area contributed by atoms with E-state index in [1.54, 1.807) is 14.0 Å². The maximum Gasteiger partial charge on any atom is 0.221 e. The first-order valence-corrected chi connectivity index (χ1v) is 11.2. The highest BCUT2D eigenvalue weighted by Crippen LogP contribution is 2.42. The highest BCUT2D eigenvalue weighted by Gasteiger charge is 2.32. The smallest absolute Gasteiger partial charge is 0.221 e. The van der Waals surface area contributed by atoms with Gasteiger partial charge in [0.2, 0.25) is 5.91 Å². The van der Waals surface area contributed by atoms with Crippen LogP contribution < -0.4 is 20.3 Å². The summed E-state index contributed by atoms with van der Waals surface area (Å²) in [5.41, 5.74) is 5.97. The molecule has 0 fully saturated rings. The number of benzene rings is 3. The van der Waals surface area contributed by atoms with E-state index in [9.17, 15) is 9.90 Å². The standard InChI is InChI=1S/C27H31N3O3/c1-17-13-26(29-23-9-6-10-24(16-23)33-4)25-15-21(11-12-27(25)30(17)19(3)32)20-7-5-8-22(14-20)28-18(2)31/h5-12,14-17,19,26,29,32H,13H2,1-4H3,(H,28,31)/t17-,19?,26+/m0/s1. The summed E-state index contributed by atoms with van der Waals surface area (Å²) in [5, 5.41) is 17.0. The Balaban J connectivity index is 1.75. The fourth-order valence-corrected chi connectivity index (χ4v) is 4.67. The van der Waals surface area contributed by atoms with E-state index >= 15 is 0 Å². The molecule has 1 unspecified atom stereocenters. The van der Waals surface area contributed by atoms with Gasteiger partial charge in [-0.05, 0) is 73.4 Å². The molecule has 0 spiro atoms. The van der Waals surface area contributed by atoms with Gasteiger partial charge in [-0.2, -0.15) is 0 Å². The molecule has 6 nitrogen and oxygen atoms in total. The second-order valence-corrected chi connectivity index (χ2v) is 8.59. The Labute approximate surface area is 195 Å². The second-order valence-electron chi connectivity index (χ2n) is 8.59. The van der Waals surface area contributed by atoms with Crippen molar-refractivity contribution in [1.29, 1.82) is 0 Å². The lowest BCUT2D eigenvalue weighted by molar-refractivity contribution is -0.114. The molecule has 33 heavy (non-hydrogen) atoms. The molecule has 1 amide bonds. The zero-order valence-electron chi connectivity index (χ0n) is 19.5. The quantitative estimate of drug-likeness (QED) is 0.473. The molecule has 0 saturated heterocycles. The average molecular weight is 446 g/mol. The molecule has 3 atom stereocenters. The molecule has 172 valence electrons. The van der Waals surface area contributed by atoms with Gasteiger partial charge in [0.15, 0.2) is 0 Å². The van der Waals surface area contributed by atoms with E-state index in [0.29, 0.717) is 0 Å². The van der Waals surface area contributed by atoms with Gasteiger partial charge in [0.05, 0.1) is 13.2 Å². The Morgan fingerprint density at radius 1 is 1.06 bits per heavy atom. The SMILES string of the molecule is COc1cccc(N[C@@H]2C[C@H](C)N(C(C)O)c3ccc(-c4cccc(NC(C)=O)c4)cc32)c1. The summed E-state index contributed by atoms with van der Waals surface area (Å²) in [5.74, 6) is 0.708. The number of ether oxygens (including phenoxy) is 1. The fourth-order valence-electron chi connectivity index (χ4n) is 4.67. The van der Waals surface area contributed by atoms with E-state index in [1.807, 2.05) is 48.5 Å². The molecule has 3 aromatic rings. The number of aliphatic hydroxyl groups excluding tert-OH is 1. The third-order valence-electron chi connectivity index (χ3n) is 6.06. The fraction of sp³-hybridized carbons (Fsp3) is 0.296. The van der Waals surface area contributed by atoms with Crippen LogP contribution in [0.3, 0.4) is 0 Å². The van der Waals surface area contributed by atoms with Crippen LogP contribution >= 0.6 is 0 Å². The monoisotopic (exact) mass is 445 g/mol. The highest BCUT2D eigenvalue weighted by atomic mass is 16.5. The minimum absolute atomic E-state index is 0.0654. The van der Waals surface area contributed by atoms with E-state index in [-0.39, 0.29) is 18.0 Å². The van der Waals surface area contributed by atoms with Crippen LogP contribution in [0.25, 0.3) is 11.1 Å². The Hall–Kier alpha value is -3.51. The van der Waals surface area contributed by atoms with Crippen molar-refractivity contribution in [2.45, 2.75) is 45.5 Å². The van der Waals surface area contributed by atoms with Crippen LogP contribution in [0.5, 0.6) is 5.75 Å². The predicted octanol–water partition coefficient (Wildman–Crippen LogP) is 5.41. The lowest BCUT2D eigenvalue weighted by Gasteiger charge is -2.43. The van der Waals surface area contributed by atoms with Crippen molar-refractivity contribution in [3.05, 3.63) is 72.3 Å². The van der Waals surface area contributed by atoms with E-state index in [1.165, 1.54) is 6.92 Å². The number of carbonyl (C=O) groups excluding carboxylic acids is 1. The number of nitrogens with one attached hydrogen (secondary N) is 2. The molecule has 0 aliphatic carbocycles. The van der Waals surface area contributed by atoms with Crippen LogP contribution in [0.2, 0.25) is 0 Å². The molecule has 1 heterocycles. The van der Waals surface area contributed by atoms with Gasteiger partial charge in [-0.1, -0.05) is 24.3 Å². The van der Waals surface area contributed by atoms with Crippen LogP contribution in [-0.2, 0) is 4.79 Å². The van der Waals surface area contributed by atoms with Gasteiger partial charge >= 0.3 is 0 Å². The van der Waals surface area contributed by atoms with Crippen LogP contribution in [-0.4, -0.2) is 30.4 Å². The van der Waals surface area contributed by atoms with Gasteiger partial charge in [-0.3, -0.25) is 4.79 Å². The second kappa shape index (κ2) is 9.55. The summed E-state index contributed by atoms with van der Waals surface area (Å²) in [7, 11) is 1.67. The summed E-state index contributed by atoms with van der Waals surface area (Å²) in [4.78, 5) is 13.6. The molecule has 6 heteroatoms. The Morgan fingerprint density at radius 3 is 2.52 bits per heavy atom. The van der Waals surface area contributed by atoms with Gasteiger partial charge in [-0.25, -0.2) is 0 Å². The molecular weight excluding hydrogens is 414 g/mol. The molecule has 0 bridgehead atoms. The number of methoxy groups -OCH3 is 1. The number of hydrogen-bond donors (Lipinski definition) is 3. The van der Waals surface area contributed by atoms with Crippen LogP contribution in [0.15, 0.2) is 66.7 Å². The summed E-state index contributed by atoms with van der Waals surface area (Å²) in [6.45, 7) is 5.45. The van der Waals surface area contributed by atoms with Crippen molar-refractivity contribution >= 4 is 23.0 Å². The Bertz CT molecular complexity index is 1140. The lowest BCUT2D eigenvalue weighted by Crippen LogP contribution is -2.45. The maximum absolute atomic E-state index is 11.5. The molecule has 1 aliphatic rings. The average Bonchev–Trinajstić information content (AvgIpc) is 2.78. The molecule has 3 aromatic carbocycles. The van der Waals surface area contributed by atoms with E-state index in [2.05, 4.69) is 40.7 Å². The van der Waals surface area contributed by atoms with Crippen molar-refractivity contribution < 1.29 is 14.6 Å². The Kier molecular flexibility index (Phi) is 6.56. The van der Waals surface area contributed by atoms with Crippen molar-refractivity contribution in [3.8, 4) is 16.9 Å². The minimum atomic E-state index is -0.592. The first kappa shape index (κ1) is 22.7. The molecular formula is C27H31N3O3. The topological polar surface area (TPSA) is 73.8 Å². The molecule has 1 aliphatic heterocycles. The zero-order valence-corrected chi connectivity index (χ0v) is 19.5. The number of rotatable bonds is 6. The first-order chi connectivity index (χ1) is 15.9. The molecule has 0 radical (unpaired) electrons. The van der Waals surface area contributed by atoms with E-state index in [0.717, 1.165) is 45.9 Å². The number of aliphatic hydroxyl groups is 1. The summed E-state index contributed by atoms with van der Waals surface area (Å²) >= 11 is 0. The van der Waals surface area contributed by atoms with Crippen molar-refractivity contribution in [1.82, 2.24) is 0 Å². The van der Waals surface area contributed by atoms with Gasteiger partial charge in [0, 0.05) is 36.1 Å². The van der Waals surface area contributed by atoms with Gasteiger partial charge in [-0.15, -0.1) is 0 Å². The maximum atomic E-state index is 11.5. The molecule has 0 aromatic heterocycles. The third-order valence-corrected chi connectivity index (χ3v) is 6.06. The zero-order chi connectivity index (χ0) is 23.5. The van der Waals surface area contributed by atoms with Gasteiger partial charge in [0.25, 0.3) is 0 Å². The minimum Gasteiger partial charge on any atom is -0.497 e. The number of anilines is 3. The highest BCUT2D eigenvalue weighted by molar-refractivity contribution is 5.89. The van der Waals surface area contributed by atoms with Crippen molar-refractivity contribution in [2.24, 2.45) is 0 Å². The van der Waals surface area contributed by atoms with Gasteiger partial charge < -0.3 is 25.4 Å². The van der Waals surface area contributed by atoms with Crippen LogP contribution in [0.1, 0.15) is 38.8 Å². The molecule has 3 N–H and O–H groups in total. The number of hydrogen-bond acceptors (Lipinski definition) is 5. The predicted molar refractivity (Wildman–Crippen MR) is 134 cm³/mol. The first-order valence-electron chi connectivity index (χ1n) is 11.2. The van der Waals surface area contributed by atoms with Crippen LogP contribution in [0, 0.1) is 0 Å². The summed E-state index contributed by atoms with van der Waals surface area (Å²) in [6, 6.07) is 22.3. The summed E-state index contributed by atoms with van der Waals surface area (Å²) in [6.07, 6.45) is 0.246. The third kappa shape index (κ3) is 4.96. The number of amides is 1. The summed E-state index contributed by atoms with van der Waals surface area (Å²) < 4.78 is 5.39. The van der Waals surface area contributed by atoms with E-state index < -0.39 is 6.23 Å². The van der Waals surface area contributed by atoms with Crippen molar-refractivity contribution in [2.75, 3.05) is 22.6 Å². The van der Waals surface area contributed by atoms with Crippen molar-refractivity contribution in [3.63, 3.8) is 0 Å². The van der Waals surface area contributed by atoms with Crippen LogP contribution in [0.4, 0.5) is 17.1 Å². The number of nitrogens with zero attached hydrogens (tertiary/aromatic N) is 1. The van der Waals surface area contributed by atoms with Gasteiger partial charge in [0.1, 0.15) is 12.0 Å². The largest absolute Gasteiger partial charge is 0.497 e. The van der Waals surface area contributed by atoms with E-state index in [4.69, 9.17) is 4.74 Å². The molecule has 4 rings (SSSR count). The Morgan fingerprint density at radius 2 is 1.79 bits per heavy atom.